The molecule has 5 rings (SSSR count). The predicted octanol–water partition coefficient (Wildman–Crippen LogP) is 2.22. The van der Waals surface area contributed by atoms with Crippen LogP contribution in [0, 0.1) is 0 Å². The molecule has 1 amide bonds. The van der Waals surface area contributed by atoms with Gasteiger partial charge in [0.1, 0.15) is 12.4 Å². The molecule has 138 valence electrons. The van der Waals surface area contributed by atoms with Gasteiger partial charge in [-0.15, -0.1) is 0 Å². The zero-order valence-corrected chi connectivity index (χ0v) is 14.9. The van der Waals surface area contributed by atoms with Crippen molar-refractivity contribution in [3.05, 3.63) is 47.9 Å². The maximum Gasteiger partial charge on any atom is 0.221 e. The van der Waals surface area contributed by atoms with Gasteiger partial charge in [0.05, 0.1) is 43.4 Å². The number of rotatable bonds is 3. The molecule has 0 atom stereocenters. The quantitative estimate of drug-likeness (QED) is 0.769. The Morgan fingerprint density at radius 2 is 2.19 bits per heavy atom. The maximum atomic E-state index is 11.2. The van der Waals surface area contributed by atoms with E-state index >= 15 is 0 Å². The van der Waals surface area contributed by atoms with Crippen molar-refractivity contribution >= 4 is 11.6 Å². The number of aromatic nitrogens is 4. The minimum absolute atomic E-state index is 0.102. The van der Waals surface area contributed by atoms with Crippen LogP contribution in [-0.2, 0) is 22.7 Å². The Labute approximate surface area is 155 Å². The molecule has 1 aromatic carbocycles. The Morgan fingerprint density at radius 3 is 2.96 bits per heavy atom. The summed E-state index contributed by atoms with van der Waals surface area (Å²) < 4.78 is 15.1. The van der Waals surface area contributed by atoms with E-state index in [1.807, 2.05) is 46.0 Å². The smallest absolute Gasteiger partial charge is 0.221 e. The third-order valence-electron chi connectivity index (χ3n) is 4.84. The molecule has 27 heavy (non-hydrogen) atoms. The maximum absolute atomic E-state index is 11.2. The van der Waals surface area contributed by atoms with Gasteiger partial charge in [-0.25, -0.2) is 0 Å². The Bertz CT molecular complexity index is 1020. The molecule has 0 saturated carbocycles. The highest BCUT2D eigenvalue weighted by atomic mass is 16.5. The highest BCUT2D eigenvalue weighted by Gasteiger charge is 2.22. The summed E-state index contributed by atoms with van der Waals surface area (Å²) in [6.45, 7) is 3.96. The van der Waals surface area contributed by atoms with E-state index in [-0.39, 0.29) is 5.91 Å². The molecule has 2 aliphatic rings. The number of carbonyl (C=O) groups excluding carboxylic acids is 1. The van der Waals surface area contributed by atoms with Crippen LogP contribution in [0.5, 0.6) is 5.75 Å². The number of nitrogens with zero attached hydrogens (tertiary/aromatic N) is 4. The summed E-state index contributed by atoms with van der Waals surface area (Å²) in [6.07, 6.45) is 3.86. The second-order valence-electron chi connectivity index (χ2n) is 6.87. The SMILES string of the molecule is CC(=O)Nc1ccc2c(c1)OCc1cc(-c3cnn(C4COC4)c3)nn1C2. The van der Waals surface area contributed by atoms with Crippen LogP contribution in [0.15, 0.2) is 36.7 Å². The number of amides is 1. The standard InChI is InChI=1S/C19H19N5O3/c1-12(25)21-15-3-2-13-7-24-16(11-27-19(13)4-15)5-18(22-24)14-6-20-23(8-14)17-9-26-10-17/h2-6,8,17H,7,9-11H2,1H3,(H,21,25). The summed E-state index contributed by atoms with van der Waals surface area (Å²) in [5, 5.41) is 12.0. The average Bonchev–Trinajstić information content (AvgIpc) is 3.17. The minimum Gasteiger partial charge on any atom is -0.487 e. The fraction of sp³-hybridized carbons (Fsp3) is 0.316. The molecular formula is C19H19N5O3. The Balaban J connectivity index is 1.40. The van der Waals surface area contributed by atoms with Crippen LogP contribution in [-0.4, -0.2) is 38.7 Å². The van der Waals surface area contributed by atoms with Crippen molar-refractivity contribution in [3.63, 3.8) is 0 Å². The summed E-state index contributed by atoms with van der Waals surface area (Å²) in [5.74, 6) is 0.668. The van der Waals surface area contributed by atoms with Gasteiger partial charge >= 0.3 is 0 Å². The molecule has 1 fully saturated rings. The first-order valence-corrected chi connectivity index (χ1v) is 8.88. The number of benzene rings is 1. The normalized spacial score (nSPS) is 15.9. The van der Waals surface area contributed by atoms with Crippen LogP contribution in [0.4, 0.5) is 5.69 Å². The molecule has 4 heterocycles. The van der Waals surface area contributed by atoms with Crippen LogP contribution in [0.3, 0.4) is 0 Å². The van der Waals surface area contributed by atoms with E-state index in [9.17, 15) is 4.79 Å². The Kier molecular flexibility index (Phi) is 3.71. The minimum atomic E-state index is -0.102. The van der Waals surface area contributed by atoms with Gasteiger partial charge in [0.2, 0.25) is 5.91 Å². The first-order chi connectivity index (χ1) is 13.2. The second-order valence-corrected chi connectivity index (χ2v) is 6.87. The average molecular weight is 365 g/mol. The molecule has 1 N–H and O–H groups in total. The summed E-state index contributed by atoms with van der Waals surface area (Å²) in [4.78, 5) is 11.2. The molecule has 2 aliphatic heterocycles. The number of fused-ring (bicyclic) bond motifs is 2. The van der Waals surface area contributed by atoms with Crippen LogP contribution in [0.1, 0.15) is 24.2 Å². The molecule has 8 heteroatoms. The molecule has 0 radical (unpaired) electrons. The van der Waals surface area contributed by atoms with E-state index in [4.69, 9.17) is 14.6 Å². The van der Waals surface area contributed by atoms with E-state index in [2.05, 4.69) is 10.4 Å². The van der Waals surface area contributed by atoms with Crippen molar-refractivity contribution in [2.45, 2.75) is 26.1 Å². The zero-order valence-electron chi connectivity index (χ0n) is 14.9. The third kappa shape index (κ3) is 2.97. The topological polar surface area (TPSA) is 83.2 Å². The molecule has 0 aliphatic carbocycles. The van der Waals surface area contributed by atoms with Gasteiger partial charge in [-0.2, -0.15) is 10.2 Å². The van der Waals surface area contributed by atoms with Crippen LogP contribution < -0.4 is 10.1 Å². The number of nitrogens with one attached hydrogen (secondary N) is 1. The number of anilines is 1. The molecule has 8 nitrogen and oxygen atoms in total. The number of hydrogen-bond donors (Lipinski definition) is 1. The Hall–Kier alpha value is -3.13. The predicted molar refractivity (Wildman–Crippen MR) is 97.5 cm³/mol. The molecule has 0 bridgehead atoms. The van der Waals surface area contributed by atoms with E-state index in [0.29, 0.717) is 32.4 Å². The van der Waals surface area contributed by atoms with Crippen LogP contribution in [0.25, 0.3) is 11.3 Å². The number of hydrogen-bond acceptors (Lipinski definition) is 5. The van der Waals surface area contributed by atoms with Crippen molar-refractivity contribution in [2.75, 3.05) is 18.5 Å². The van der Waals surface area contributed by atoms with E-state index < -0.39 is 0 Å². The van der Waals surface area contributed by atoms with Crippen molar-refractivity contribution < 1.29 is 14.3 Å². The highest BCUT2D eigenvalue weighted by Crippen LogP contribution is 2.30. The van der Waals surface area contributed by atoms with Crippen LogP contribution >= 0.6 is 0 Å². The zero-order chi connectivity index (χ0) is 18.4. The molecule has 2 aromatic heterocycles. The van der Waals surface area contributed by atoms with E-state index in [1.54, 1.807) is 0 Å². The first-order valence-electron chi connectivity index (χ1n) is 8.88. The Morgan fingerprint density at radius 1 is 1.30 bits per heavy atom. The fourth-order valence-corrected chi connectivity index (χ4v) is 3.31. The number of ether oxygens (including phenoxy) is 2. The van der Waals surface area contributed by atoms with Gasteiger partial charge in [-0.3, -0.25) is 14.2 Å². The lowest BCUT2D eigenvalue weighted by Crippen LogP contribution is -2.30. The largest absolute Gasteiger partial charge is 0.487 e. The molecule has 0 unspecified atom stereocenters. The monoisotopic (exact) mass is 365 g/mol. The van der Waals surface area contributed by atoms with E-state index in [1.165, 1.54) is 6.92 Å². The first kappa shape index (κ1) is 16.1. The van der Waals surface area contributed by atoms with Gasteiger partial charge in [-0.05, 0) is 12.1 Å². The highest BCUT2D eigenvalue weighted by molar-refractivity contribution is 5.88. The van der Waals surface area contributed by atoms with Gasteiger partial charge in [0, 0.05) is 36.0 Å². The lowest BCUT2D eigenvalue weighted by atomic mass is 10.2. The van der Waals surface area contributed by atoms with Gasteiger partial charge in [0.25, 0.3) is 0 Å². The van der Waals surface area contributed by atoms with Crippen molar-refractivity contribution in [3.8, 4) is 17.0 Å². The van der Waals surface area contributed by atoms with Crippen molar-refractivity contribution in [2.24, 2.45) is 0 Å². The molecule has 3 aromatic rings. The lowest BCUT2D eigenvalue weighted by molar-refractivity contribution is -0.114. The summed E-state index contributed by atoms with van der Waals surface area (Å²) in [5.41, 5.74) is 4.64. The second kappa shape index (κ2) is 6.24. The summed E-state index contributed by atoms with van der Waals surface area (Å²) >= 11 is 0. The third-order valence-corrected chi connectivity index (χ3v) is 4.84. The molecular weight excluding hydrogens is 346 g/mol. The summed E-state index contributed by atoms with van der Waals surface area (Å²) in [6, 6.07) is 8.07. The number of carbonyl (C=O) groups is 1. The van der Waals surface area contributed by atoms with Crippen molar-refractivity contribution in [1.82, 2.24) is 19.6 Å². The van der Waals surface area contributed by atoms with Crippen LogP contribution in [0.2, 0.25) is 0 Å². The van der Waals surface area contributed by atoms with E-state index in [0.717, 1.165) is 34.0 Å². The van der Waals surface area contributed by atoms with Gasteiger partial charge in [0.15, 0.2) is 0 Å². The summed E-state index contributed by atoms with van der Waals surface area (Å²) in [7, 11) is 0. The molecule has 1 saturated heterocycles. The van der Waals surface area contributed by atoms with Crippen molar-refractivity contribution in [1.29, 1.82) is 0 Å². The lowest BCUT2D eigenvalue weighted by Gasteiger charge is -2.25. The van der Waals surface area contributed by atoms with Gasteiger partial charge < -0.3 is 14.8 Å². The molecule has 0 spiro atoms. The fourth-order valence-electron chi connectivity index (χ4n) is 3.31. The van der Waals surface area contributed by atoms with Gasteiger partial charge in [-0.1, -0.05) is 6.07 Å².